The average Bonchev–Trinajstić information content (AvgIpc) is 2.35. The van der Waals surface area contributed by atoms with Crippen LogP contribution < -0.4 is 4.74 Å². The Balaban J connectivity index is 3.28. The zero-order valence-electron chi connectivity index (χ0n) is 12.2. The molecule has 0 radical (unpaired) electrons. The number of benzene rings is 1. The van der Waals surface area contributed by atoms with Crippen molar-refractivity contribution in [2.75, 3.05) is 7.11 Å². The molecular formula is C17H22O2. The Morgan fingerprint density at radius 1 is 1.42 bits per heavy atom. The standard InChI is InChI=1S/C17H22O2/c1-6-10-17(3,4)15(9-11-18)14-7-8-16(19-5)13(2)12-14/h6-9,11-12H,1,10H2,2-5H3/b15-9-. The first-order valence-electron chi connectivity index (χ1n) is 6.38. The van der Waals surface area contributed by atoms with E-state index in [0.717, 1.165) is 35.2 Å². The van der Waals surface area contributed by atoms with Crippen molar-refractivity contribution in [2.45, 2.75) is 27.2 Å². The van der Waals surface area contributed by atoms with Crippen molar-refractivity contribution in [3.63, 3.8) is 0 Å². The minimum absolute atomic E-state index is 0.121. The Bertz CT molecular complexity index is 496. The molecule has 19 heavy (non-hydrogen) atoms. The van der Waals surface area contributed by atoms with Crippen molar-refractivity contribution in [2.24, 2.45) is 5.41 Å². The number of carbonyl (C=O) groups is 1. The number of aldehydes is 1. The van der Waals surface area contributed by atoms with Crippen molar-refractivity contribution in [3.8, 4) is 5.75 Å². The summed E-state index contributed by atoms with van der Waals surface area (Å²) in [7, 11) is 1.66. The molecule has 0 saturated heterocycles. The van der Waals surface area contributed by atoms with E-state index in [9.17, 15) is 4.79 Å². The van der Waals surface area contributed by atoms with E-state index in [1.54, 1.807) is 13.2 Å². The van der Waals surface area contributed by atoms with Crippen LogP contribution in [-0.4, -0.2) is 13.4 Å². The van der Waals surface area contributed by atoms with Gasteiger partial charge in [0, 0.05) is 0 Å². The summed E-state index contributed by atoms with van der Waals surface area (Å²) in [5.41, 5.74) is 3.01. The third kappa shape index (κ3) is 3.57. The van der Waals surface area contributed by atoms with Crippen LogP contribution in [-0.2, 0) is 4.79 Å². The van der Waals surface area contributed by atoms with E-state index < -0.39 is 0 Å². The van der Waals surface area contributed by atoms with Crippen LogP contribution >= 0.6 is 0 Å². The number of allylic oxidation sites excluding steroid dienone is 3. The summed E-state index contributed by atoms with van der Waals surface area (Å²) in [6, 6.07) is 5.98. The SMILES string of the molecule is C=CCC(C)(C)/C(=C\C=O)c1ccc(OC)c(C)c1. The summed E-state index contributed by atoms with van der Waals surface area (Å²) in [4.78, 5) is 10.9. The van der Waals surface area contributed by atoms with E-state index in [0.29, 0.717) is 0 Å². The van der Waals surface area contributed by atoms with E-state index in [-0.39, 0.29) is 5.41 Å². The normalized spacial score (nSPS) is 12.1. The van der Waals surface area contributed by atoms with Crippen molar-refractivity contribution in [1.29, 1.82) is 0 Å². The van der Waals surface area contributed by atoms with Crippen molar-refractivity contribution >= 4 is 11.9 Å². The van der Waals surface area contributed by atoms with Gasteiger partial charge in [-0.25, -0.2) is 0 Å². The fourth-order valence-electron chi connectivity index (χ4n) is 2.30. The van der Waals surface area contributed by atoms with Crippen LogP contribution in [0.3, 0.4) is 0 Å². The van der Waals surface area contributed by atoms with Crippen LogP contribution in [0.2, 0.25) is 0 Å². The highest BCUT2D eigenvalue weighted by Crippen LogP contribution is 2.38. The minimum Gasteiger partial charge on any atom is -0.496 e. The summed E-state index contributed by atoms with van der Waals surface area (Å²) < 4.78 is 5.27. The van der Waals surface area contributed by atoms with Gasteiger partial charge in [0.1, 0.15) is 12.0 Å². The van der Waals surface area contributed by atoms with E-state index in [1.165, 1.54) is 0 Å². The van der Waals surface area contributed by atoms with Gasteiger partial charge in [0.25, 0.3) is 0 Å². The number of carbonyl (C=O) groups excluding carboxylic acids is 1. The molecule has 0 bridgehead atoms. The molecule has 0 atom stereocenters. The van der Waals surface area contributed by atoms with Gasteiger partial charge in [0.2, 0.25) is 0 Å². The molecule has 102 valence electrons. The molecule has 0 heterocycles. The smallest absolute Gasteiger partial charge is 0.143 e. The maximum atomic E-state index is 10.9. The third-order valence-corrected chi connectivity index (χ3v) is 3.32. The first kappa shape index (κ1) is 15.2. The third-order valence-electron chi connectivity index (χ3n) is 3.32. The highest BCUT2D eigenvalue weighted by atomic mass is 16.5. The molecule has 0 aliphatic carbocycles. The Morgan fingerprint density at radius 3 is 2.58 bits per heavy atom. The molecule has 0 amide bonds. The molecule has 2 nitrogen and oxygen atoms in total. The Labute approximate surface area is 115 Å². The summed E-state index contributed by atoms with van der Waals surface area (Å²) >= 11 is 0. The largest absolute Gasteiger partial charge is 0.496 e. The summed E-state index contributed by atoms with van der Waals surface area (Å²) in [6.07, 6.45) is 5.19. The van der Waals surface area contributed by atoms with Gasteiger partial charge in [-0.3, -0.25) is 4.79 Å². The van der Waals surface area contributed by atoms with Crippen molar-refractivity contribution < 1.29 is 9.53 Å². The molecule has 0 aromatic heterocycles. The lowest BCUT2D eigenvalue weighted by atomic mass is 9.77. The van der Waals surface area contributed by atoms with E-state index >= 15 is 0 Å². The molecule has 0 unspecified atom stereocenters. The Morgan fingerprint density at radius 2 is 2.11 bits per heavy atom. The molecule has 0 N–H and O–H groups in total. The van der Waals surface area contributed by atoms with Gasteiger partial charge in [0.05, 0.1) is 7.11 Å². The van der Waals surface area contributed by atoms with Crippen LogP contribution in [0.1, 0.15) is 31.4 Å². The van der Waals surface area contributed by atoms with E-state index in [1.807, 2.05) is 25.1 Å². The van der Waals surface area contributed by atoms with Gasteiger partial charge in [-0.05, 0) is 53.7 Å². The lowest BCUT2D eigenvalue weighted by Gasteiger charge is -2.27. The maximum Gasteiger partial charge on any atom is 0.143 e. The number of ether oxygens (including phenoxy) is 1. The zero-order chi connectivity index (χ0) is 14.5. The van der Waals surface area contributed by atoms with Crippen molar-refractivity contribution in [1.82, 2.24) is 0 Å². The van der Waals surface area contributed by atoms with Crippen LogP contribution in [0.4, 0.5) is 0 Å². The van der Waals surface area contributed by atoms with Gasteiger partial charge in [-0.1, -0.05) is 26.0 Å². The topological polar surface area (TPSA) is 26.3 Å². The summed E-state index contributed by atoms with van der Waals surface area (Å²) in [5, 5.41) is 0. The fraction of sp³-hybridized carbons (Fsp3) is 0.353. The second-order valence-corrected chi connectivity index (χ2v) is 5.28. The molecule has 1 aromatic rings. The fourth-order valence-corrected chi connectivity index (χ4v) is 2.30. The Hall–Kier alpha value is -1.83. The first-order valence-corrected chi connectivity index (χ1v) is 6.38. The van der Waals surface area contributed by atoms with Crippen LogP contribution in [0.25, 0.3) is 5.57 Å². The molecule has 1 aromatic carbocycles. The highest BCUT2D eigenvalue weighted by molar-refractivity contribution is 5.84. The number of methoxy groups -OCH3 is 1. The second-order valence-electron chi connectivity index (χ2n) is 5.28. The summed E-state index contributed by atoms with van der Waals surface area (Å²) in [5.74, 6) is 0.857. The Kier molecular flexibility index (Phi) is 5.11. The van der Waals surface area contributed by atoms with Crippen molar-refractivity contribution in [3.05, 3.63) is 48.1 Å². The van der Waals surface area contributed by atoms with Gasteiger partial charge in [-0.15, -0.1) is 6.58 Å². The monoisotopic (exact) mass is 258 g/mol. The molecule has 1 rings (SSSR count). The molecule has 2 heteroatoms. The molecule has 0 spiro atoms. The quantitative estimate of drug-likeness (QED) is 0.434. The highest BCUT2D eigenvalue weighted by Gasteiger charge is 2.23. The molecular weight excluding hydrogens is 236 g/mol. The molecule has 0 saturated carbocycles. The van der Waals surface area contributed by atoms with Gasteiger partial charge in [-0.2, -0.15) is 0 Å². The van der Waals surface area contributed by atoms with Crippen LogP contribution in [0.15, 0.2) is 36.9 Å². The van der Waals surface area contributed by atoms with Crippen LogP contribution in [0.5, 0.6) is 5.75 Å². The van der Waals surface area contributed by atoms with Crippen LogP contribution in [0, 0.1) is 12.3 Å². The van der Waals surface area contributed by atoms with Gasteiger partial charge >= 0.3 is 0 Å². The first-order chi connectivity index (χ1) is 8.96. The molecule has 0 fully saturated rings. The predicted octanol–water partition coefficient (Wildman–Crippen LogP) is 4.19. The lowest BCUT2D eigenvalue weighted by molar-refractivity contribution is -0.104. The van der Waals surface area contributed by atoms with Gasteiger partial charge < -0.3 is 4.74 Å². The lowest BCUT2D eigenvalue weighted by Crippen LogP contribution is -2.13. The molecule has 0 aliphatic rings. The molecule has 0 aliphatic heterocycles. The number of rotatable bonds is 6. The maximum absolute atomic E-state index is 10.9. The zero-order valence-corrected chi connectivity index (χ0v) is 12.2. The average molecular weight is 258 g/mol. The number of hydrogen-bond acceptors (Lipinski definition) is 2. The van der Waals surface area contributed by atoms with E-state index in [4.69, 9.17) is 4.74 Å². The predicted molar refractivity (Wildman–Crippen MR) is 80.4 cm³/mol. The van der Waals surface area contributed by atoms with E-state index in [2.05, 4.69) is 26.5 Å². The summed E-state index contributed by atoms with van der Waals surface area (Å²) in [6.45, 7) is 10.0. The minimum atomic E-state index is -0.121. The number of aryl methyl sites for hydroxylation is 1. The second kappa shape index (κ2) is 6.37. The van der Waals surface area contributed by atoms with Gasteiger partial charge in [0.15, 0.2) is 0 Å². The number of hydrogen-bond donors (Lipinski definition) is 0.